The standard InChI is InChI=1S/C17H21ClF3N3.C9H16N2O/c1-4-12(14(5-2)24-10-18)17(22-3)23-9-11-7-6-8-13(15(11)19)16(20)21;1-8(12)11-6-3-9(4-7-11)2-5-10-9/h6-8,16,24H,3-5,9-10H2,1-2H3;10H,2-7H2,1H3/b14-12-,23-17?;. The predicted molar refractivity (Wildman–Crippen MR) is 140 cm³/mol. The van der Waals surface area contributed by atoms with E-state index >= 15 is 0 Å². The summed E-state index contributed by atoms with van der Waals surface area (Å²) in [6, 6.07) is 4.12. The fourth-order valence-electron chi connectivity index (χ4n) is 4.48. The van der Waals surface area contributed by atoms with E-state index in [1.807, 2.05) is 18.7 Å². The van der Waals surface area contributed by atoms with Gasteiger partial charge in [0.1, 0.15) is 5.82 Å². The normalized spacial score (nSPS) is 17.7. The number of allylic oxidation sites excluding steroid dienone is 1. The van der Waals surface area contributed by atoms with Crippen LogP contribution in [0, 0.1) is 5.82 Å². The van der Waals surface area contributed by atoms with Crippen molar-refractivity contribution in [3.63, 3.8) is 0 Å². The molecule has 36 heavy (non-hydrogen) atoms. The summed E-state index contributed by atoms with van der Waals surface area (Å²) in [5.74, 6) is -0.353. The Hall–Kier alpha value is -2.39. The maximum atomic E-state index is 14.1. The van der Waals surface area contributed by atoms with E-state index in [9.17, 15) is 18.0 Å². The Balaban J connectivity index is 0.000000313. The van der Waals surface area contributed by atoms with Gasteiger partial charge in [0.05, 0.1) is 18.1 Å². The van der Waals surface area contributed by atoms with Gasteiger partial charge in [0.15, 0.2) is 5.84 Å². The number of halogens is 4. The van der Waals surface area contributed by atoms with Gasteiger partial charge in [-0.15, -0.1) is 11.6 Å². The number of aliphatic imine (C=N–C) groups is 2. The summed E-state index contributed by atoms with van der Waals surface area (Å²) in [5.41, 5.74) is 1.58. The maximum absolute atomic E-state index is 14.1. The Morgan fingerprint density at radius 2 is 1.92 bits per heavy atom. The largest absolute Gasteiger partial charge is 0.375 e. The maximum Gasteiger partial charge on any atom is 0.266 e. The average Bonchev–Trinajstić information content (AvgIpc) is 2.85. The van der Waals surface area contributed by atoms with Gasteiger partial charge in [0.25, 0.3) is 6.43 Å². The van der Waals surface area contributed by atoms with Crippen molar-refractivity contribution in [2.45, 2.75) is 71.4 Å². The molecule has 1 aromatic rings. The molecular formula is C26H37ClF3N5O. The fraction of sp³-hybridized carbons (Fsp3) is 0.577. The SMILES string of the molecule is C=NC(=NCc1cccc(C(F)F)c1F)/C(CC)=C(/CC)NCCl.CC(=O)N1CCC2(CCN2)CC1. The number of piperidine rings is 1. The van der Waals surface area contributed by atoms with Crippen LogP contribution in [0.25, 0.3) is 0 Å². The zero-order valence-electron chi connectivity index (χ0n) is 21.3. The smallest absolute Gasteiger partial charge is 0.266 e. The second-order valence-electron chi connectivity index (χ2n) is 8.86. The Bertz CT molecular complexity index is 953. The summed E-state index contributed by atoms with van der Waals surface area (Å²) in [5, 5.41) is 6.52. The van der Waals surface area contributed by atoms with Crippen molar-refractivity contribution in [2.75, 3.05) is 25.6 Å². The highest BCUT2D eigenvalue weighted by Gasteiger charge is 2.39. The number of hydrogen-bond donors (Lipinski definition) is 2. The molecule has 1 aromatic carbocycles. The molecule has 2 fully saturated rings. The van der Waals surface area contributed by atoms with E-state index in [2.05, 4.69) is 27.3 Å². The molecule has 200 valence electrons. The van der Waals surface area contributed by atoms with Crippen molar-refractivity contribution in [3.8, 4) is 0 Å². The molecule has 0 bridgehead atoms. The van der Waals surface area contributed by atoms with E-state index in [-0.39, 0.29) is 24.0 Å². The molecule has 2 saturated heterocycles. The second-order valence-corrected chi connectivity index (χ2v) is 9.12. The number of hydrogen-bond acceptors (Lipinski definition) is 4. The van der Waals surface area contributed by atoms with Crippen LogP contribution < -0.4 is 10.6 Å². The molecule has 2 heterocycles. The van der Waals surface area contributed by atoms with Gasteiger partial charge in [-0.05, 0) is 45.4 Å². The first-order valence-electron chi connectivity index (χ1n) is 12.3. The molecule has 3 rings (SSSR count). The molecule has 6 nitrogen and oxygen atoms in total. The van der Waals surface area contributed by atoms with Crippen LogP contribution in [0.1, 0.15) is 70.4 Å². The molecule has 0 unspecified atom stereocenters. The lowest BCUT2D eigenvalue weighted by Crippen LogP contribution is -2.62. The minimum Gasteiger partial charge on any atom is -0.375 e. The summed E-state index contributed by atoms with van der Waals surface area (Å²) in [6.45, 7) is 12.0. The number of nitrogens with one attached hydrogen (secondary N) is 2. The summed E-state index contributed by atoms with van der Waals surface area (Å²) in [7, 11) is 0. The van der Waals surface area contributed by atoms with Crippen LogP contribution in [0.4, 0.5) is 13.2 Å². The molecule has 2 N–H and O–H groups in total. The lowest BCUT2D eigenvalue weighted by Gasteiger charge is -2.48. The van der Waals surface area contributed by atoms with E-state index in [4.69, 9.17) is 11.6 Å². The van der Waals surface area contributed by atoms with E-state index in [1.54, 1.807) is 6.92 Å². The Kier molecular flexibility index (Phi) is 11.9. The van der Waals surface area contributed by atoms with Gasteiger partial charge in [0.2, 0.25) is 5.91 Å². The number of nitrogens with zero attached hydrogens (tertiary/aromatic N) is 3. The quantitative estimate of drug-likeness (QED) is 0.201. The van der Waals surface area contributed by atoms with Crippen LogP contribution in [0.3, 0.4) is 0 Å². The van der Waals surface area contributed by atoms with E-state index in [1.165, 1.54) is 25.1 Å². The van der Waals surface area contributed by atoms with E-state index < -0.39 is 17.8 Å². The van der Waals surface area contributed by atoms with Crippen molar-refractivity contribution < 1.29 is 18.0 Å². The number of likely N-dealkylation sites (tertiary alicyclic amines) is 1. The number of carbonyl (C=O) groups excluding carboxylic acids is 1. The Morgan fingerprint density at radius 3 is 2.36 bits per heavy atom. The lowest BCUT2D eigenvalue weighted by molar-refractivity contribution is -0.131. The molecular weight excluding hydrogens is 491 g/mol. The molecule has 2 aliphatic heterocycles. The first kappa shape index (κ1) is 29.8. The molecule has 2 aliphatic rings. The van der Waals surface area contributed by atoms with Crippen molar-refractivity contribution in [3.05, 3.63) is 46.4 Å². The van der Waals surface area contributed by atoms with Crippen molar-refractivity contribution >= 4 is 30.1 Å². The topological polar surface area (TPSA) is 69.1 Å². The monoisotopic (exact) mass is 527 g/mol. The van der Waals surface area contributed by atoms with Crippen LogP contribution in [-0.2, 0) is 11.3 Å². The van der Waals surface area contributed by atoms with Crippen molar-refractivity contribution in [1.82, 2.24) is 15.5 Å². The third kappa shape index (κ3) is 7.80. The first-order valence-corrected chi connectivity index (χ1v) is 12.8. The van der Waals surface area contributed by atoms with E-state index in [0.29, 0.717) is 24.2 Å². The van der Waals surface area contributed by atoms with Crippen LogP contribution in [0.5, 0.6) is 0 Å². The van der Waals surface area contributed by atoms with E-state index in [0.717, 1.165) is 43.3 Å². The molecule has 0 aromatic heterocycles. The third-order valence-electron chi connectivity index (χ3n) is 6.78. The predicted octanol–water partition coefficient (Wildman–Crippen LogP) is 5.58. The minimum atomic E-state index is -2.86. The van der Waals surface area contributed by atoms with Gasteiger partial charge in [-0.2, -0.15) is 0 Å². The highest BCUT2D eigenvalue weighted by molar-refractivity contribution is 6.17. The van der Waals surface area contributed by atoms with Gasteiger partial charge in [-0.3, -0.25) is 9.79 Å². The van der Waals surface area contributed by atoms with Crippen molar-refractivity contribution in [1.29, 1.82) is 0 Å². The highest BCUT2D eigenvalue weighted by Crippen LogP contribution is 2.30. The van der Waals surface area contributed by atoms with Gasteiger partial charge >= 0.3 is 0 Å². The summed E-state index contributed by atoms with van der Waals surface area (Å²) < 4.78 is 39.6. The lowest BCUT2D eigenvalue weighted by atomic mass is 9.79. The number of benzene rings is 1. The van der Waals surface area contributed by atoms with Crippen molar-refractivity contribution in [2.24, 2.45) is 9.98 Å². The third-order valence-corrected chi connectivity index (χ3v) is 6.92. The second kappa shape index (κ2) is 14.4. The molecule has 0 saturated carbocycles. The van der Waals surface area contributed by atoms with Gasteiger partial charge in [0, 0.05) is 42.4 Å². The number of amides is 1. The summed E-state index contributed by atoms with van der Waals surface area (Å²) >= 11 is 5.71. The molecule has 1 amide bonds. The zero-order chi connectivity index (χ0) is 26.7. The van der Waals surface area contributed by atoms with Gasteiger partial charge in [-0.1, -0.05) is 32.0 Å². The van der Waals surface area contributed by atoms with Crippen LogP contribution in [0.15, 0.2) is 39.5 Å². The summed E-state index contributed by atoms with van der Waals surface area (Å²) in [4.78, 5) is 21.1. The molecule has 0 radical (unpaired) electrons. The number of carbonyl (C=O) groups is 1. The summed E-state index contributed by atoms with van der Waals surface area (Å²) in [6.07, 6.45) is 2.05. The first-order chi connectivity index (χ1) is 17.2. The highest BCUT2D eigenvalue weighted by atomic mass is 35.5. The van der Waals surface area contributed by atoms with Crippen LogP contribution >= 0.6 is 11.6 Å². The minimum absolute atomic E-state index is 0.0905. The molecule has 10 heteroatoms. The van der Waals surface area contributed by atoms with Crippen LogP contribution in [-0.4, -0.2) is 54.5 Å². The van der Waals surface area contributed by atoms with Crippen LogP contribution in [0.2, 0.25) is 0 Å². The fourth-order valence-corrected chi connectivity index (χ4v) is 4.64. The molecule has 1 spiro atoms. The molecule has 0 atom stereocenters. The zero-order valence-corrected chi connectivity index (χ0v) is 22.1. The Labute approximate surface area is 217 Å². The van der Waals surface area contributed by atoms with Gasteiger partial charge < -0.3 is 15.5 Å². The van der Waals surface area contributed by atoms with Gasteiger partial charge in [-0.25, -0.2) is 18.2 Å². The average molecular weight is 528 g/mol. The number of alkyl halides is 3. The Morgan fingerprint density at radius 1 is 1.25 bits per heavy atom. The number of rotatable bonds is 8. The number of amidine groups is 1. The molecule has 0 aliphatic carbocycles.